The van der Waals surface area contributed by atoms with Gasteiger partial charge in [-0.2, -0.15) is 0 Å². The Kier molecular flexibility index (Phi) is 5.19. The first kappa shape index (κ1) is 15.2. The van der Waals surface area contributed by atoms with Crippen LogP contribution in [0, 0.1) is 0 Å². The minimum Gasteiger partial charge on any atom is -0.211 e. The molecule has 1 heterocycles. The lowest BCUT2D eigenvalue weighted by molar-refractivity contribution is 0.581. The van der Waals surface area contributed by atoms with Crippen LogP contribution in [-0.2, 0) is 16.4 Å². The van der Waals surface area contributed by atoms with Crippen molar-refractivity contribution in [2.45, 2.75) is 11.3 Å². The average Bonchev–Trinajstić information content (AvgIpc) is 2.75. The minimum atomic E-state index is -3.46. The van der Waals surface area contributed by atoms with E-state index in [1.54, 1.807) is 35.6 Å². The van der Waals surface area contributed by atoms with Crippen molar-refractivity contribution in [1.82, 2.24) is 4.72 Å². The standard InChI is InChI=1S/C12H11Br2NO2S2/c13-10-3-1-2-4-11(10)19(16,17)15-8-7-9-5-6-12(14)18-9/h1-6,15H,7-8H2. The van der Waals surface area contributed by atoms with Gasteiger partial charge in [0.25, 0.3) is 0 Å². The first-order valence-electron chi connectivity index (χ1n) is 5.47. The molecular weight excluding hydrogens is 414 g/mol. The molecule has 0 spiro atoms. The number of thiophene rings is 1. The molecule has 0 bridgehead atoms. The SMILES string of the molecule is O=S(=O)(NCCc1ccc(Br)s1)c1ccccc1Br. The molecule has 1 N–H and O–H groups in total. The molecule has 0 atom stereocenters. The second-order valence-corrected chi connectivity index (χ2v) is 8.92. The number of hydrogen-bond acceptors (Lipinski definition) is 3. The summed E-state index contributed by atoms with van der Waals surface area (Å²) in [6, 6.07) is 10.7. The van der Waals surface area contributed by atoms with Crippen LogP contribution in [0.15, 0.2) is 49.6 Å². The van der Waals surface area contributed by atoms with Crippen molar-refractivity contribution in [1.29, 1.82) is 0 Å². The maximum Gasteiger partial charge on any atom is 0.241 e. The highest BCUT2D eigenvalue weighted by molar-refractivity contribution is 9.11. The van der Waals surface area contributed by atoms with E-state index in [2.05, 4.69) is 36.6 Å². The molecule has 102 valence electrons. The monoisotopic (exact) mass is 423 g/mol. The van der Waals surface area contributed by atoms with Crippen molar-refractivity contribution in [2.24, 2.45) is 0 Å². The van der Waals surface area contributed by atoms with Gasteiger partial charge >= 0.3 is 0 Å². The minimum absolute atomic E-state index is 0.266. The van der Waals surface area contributed by atoms with Crippen LogP contribution in [0.2, 0.25) is 0 Å². The Labute approximate surface area is 133 Å². The summed E-state index contributed by atoms with van der Waals surface area (Å²) in [5.74, 6) is 0. The molecule has 1 aromatic carbocycles. The lowest BCUT2D eigenvalue weighted by Crippen LogP contribution is -2.26. The lowest BCUT2D eigenvalue weighted by atomic mass is 10.3. The maximum atomic E-state index is 12.1. The van der Waals surface area contributed by atoms with Gasteiger partial charge in [0.1, 0.15) is 0 Å². The van der Waals surface area contributed by atoms with Gasteiger partial charge in [0.2, 0.25) is 10.0 Å². The van der Waals surface area contributed by atoms with Gasteiger partial charge in [0.05, 0.1) is 8.68 Å². The fraction of sp³-hybridized carbons (Fsp3) is 0.167. The number of hydrogen-bond donors (Lipinski definition) is 1. The number of nitrogens with one attached hydrogen (secondary N) is 1. The Morgan fingerprint density at radius 2 is 1.84 bits per heavy atom. The fourth-order valence-electron chi connectivity index (χ4n) is 1.54. The Morgan fingerprint density at radius 1 is 1.11 bits per heavy atom. The molecule has 0 unspecified atom stereocenters. The molecule has 0 radical (unpaired) electrons. The molecule has 2 aromatic rings. The lowest BCUT2D eigenvalue weighted by Gasteiger charge is -2.07. The summed E-state index contributed by atoms with van der Waals surface area (Å²) in [5, 5.41) is 0. The quantitative estimate of drug-likeness (QED) is 0.793. The van der Waals surface area contributed by atoms with Crippen LogP contribution in [0.5, 0.6) is 0 Å². The topological polar surface area (TPSA) is 46.2 Å². The van der Waals surface area contributed by atoms with E-state index in [9.17, 15) is 8.42 Å². The second kappa shape index (κ2) is 6.49. The van der Waals surface area contributed by atoms with E-state index in [0.717, 1.165) is 8.66 Å². The number of rotatable bonds is 5. The van der Waals surface area contributed by atoms with Crippen LogP contribution in [0.1, 0.15) is 4.88 Å². The van der Waals surface area contributed by atoms with Crippen LogP contribution in [0.25, 0.3) is 0 Å². The van der Waals surface area contributed by atoms with E-state index >= 15 is 0 Å². The molecule has 2 rings (SSSR count). The zero-order valence-electron chi connectivity index (χ0n) is 9.77. The van der Waals surface area contributed by atoms with E-state index in [1.807, 2.05) is 12.1 Å². The van der Waals surface area contributed by atoms with E-state index in [4.69, 9.17) is 0 Å². The summed E-state index contributed by atoms with van der Waals surface area (Å²) < 4.78 is 28.4. The molecule has 0 aliphatic carbocycles. The van der Waals surface area contributed by atoms with Gasteiger partial charge in [0, 0.05) is 15.9 Å². The van der Waals surface area contributed by atoms with Crippen molar-refractivity contribution in [3.05, 3.63) is 49.5 Å². The Bertz CT molecular complexity index is 668. The van der Waals surface area contributed by atoms with Crippen molar-refractivity contribution < 1.29 is 8.42 Å². The molecular formula is C12H11Br2NO2S2. The zero-order valence-corrected chi connectivity index (χ0v) is 14.6. The van der Waals surface area contributed by atoms with Gasteiger partial charge in [-0.3, -0.25) is 0 Å². The Morgan fingerprint density at radius 3 is 2.47 bits per heavy atom. The summed E-state index contributed by atoms with van der Waals surface area (Å²) in [5.41, 5.74) is 0. The third-order valence-corrected chi connectivity index (χ3v) is 6.58. The van der Waals surface area contributed by atoms with Crippen LogP contribution >= 0.6 is 43.2 Å². The summed E-state index contributed by atoms with van der Waals surface area (Å²) in [7, 11) is -3.46. The first-order chi connectivity index (χ1) is 8.99. The highest BCUT2D eigenvalue weighted by Gasteiger charge is 2.16. The Hall–Kier alpha value is -0.210. The fourth-order valence-corrected chi connectivity index (χ4v) is 5.05. The van der Waals surface area contributed by atoms with Crippen molar-refractivity contribution >= 4 is 53.2 Å². The molecule has 0 aliphatic heterocycles. The molecule has 3 nitrogen and oxygen atoms in total. The molecule has 19 heavy (non-hydrogen) atoms. The van der Waals surface area contributed by atoms with Gasteiger partial charge < -0.3 is 0 Å². The zero-order chi connectivity index (χ0) is 13.9. The summed E-state index contributed by atoms with van der Waals surface area (Å²) in [6.07, 6.45) is 0.681. The van der Waals surface area contributed by atoms with Crippen LogP contribution in [0.4, 0.5) is 0 Å². The normalized spacial score (nSPS) is 11.7. The highest BCUT2D eigenvalue weighted by Crippen LogP contribution is 2.23. The third-order valence-electron chi connectivity index (χ3n) is 2.42. The summed E-state index contributed by atoms with van der Waals surface area (Å²) in [4.78, 5) is 1.41. The van der Waals surface area contributed by atoms with Crippen molar-refractivity contribution in [2.75, 3.05) is 6.54 Å². The van der Waals surface area contributed by atoms with Gasteiger partial charge in [-0.1, -0.05) is 12.1 Å². The molecule has 0 amide bonds. The molecule has 0 saturated carbocycles. The molecule has 0 saturated heterocycles. The van der Waals surface area contributed by atoms with Crippen molar-refractivity contribution in [3.63, 3.8) is 0 Å². The Balaban J connectivity index is 2.01. The predicted octanol–water partition coefficient (Wildman–Crippen LogP) is 3.79. The molecule has 0 aliphatic rings. The molecule has 7 heteroatoms. The highest BCUT2D eigenvalue weighted by atomic mass is 79.9. The number of halogens is 2. The molecule has 1 aromatic heterocycles. The van der Waals surface area contributed by atoms with Gasteiger partial charge in [-0.25, -0.2) is 13.1 Å². The number of benzene rings is 1. The number of sulfonamides is 1. The van der Waals surface area contributed by atoms with Crippen molar-refractivity contribution in [3.8, 4) is 0 Å². The maximum absolute atomic E-state index is 12.1. The molecule has 0 fully saturated rings. The van der Waals surface area contributed by atoms with Gasteiger partial charge in [-0.05, 0) is 62.5 Å². The van der Waals surface area contributed by atoms with Crippen LogP contribution in [-0.4, -0.2) is 15.0 Å². The largest absolute Gasteiger partial charge is 0.241 e. The smallest absolute Gasteiger partial charge is 0.211 e. The van der Waals surface area contributed by atoms with E-state index in [0.29, 0.717) is 17.4 Å². The van der Waals surface area contributed by atoms with Crippen LogP contribution < -0.4 is 4.72 Å². The first-order valence-corrected chi connectivity index (χ1v) is 9.36. The summed E-state index contributed by atoms with van der Waals surface area (Å²) in [6.45, 7) is 0.386. The third kappa shape index (κ3) is 4.13. The summed E-state index contributed by atoms with van der Waals surface area (Å²) >= 11 is 8.24. The second-order valence-electron chi connectivity index (χ2n) is 3.78. The average molecular weight is 425 g/mol. The van der Waals surface area contributed by atoms with E-state index in [1.165, 1.54) is 0 Å². The van der Waals surface area contributed by atoms with Gasteiger partial charge in [-0.15, -0.1) is 11.3 Å². The van der Waals surface area contributed by atoms with Gasteiger partial charge in [0.15, 0.2) is 0 Å². The van der Waals surface area contributed by atoms with E-state index < -0.39 is 10.0 Å². The van der Waals surface area contributed by atoms with E-state index in [-0.39, 0.29) is 4.90 Å². The predicted molar refractivity (Wildman–Crippen MR) is 85.1 cm³/mol. The van der Waals surface area contributed by atoms with Crippen LogP contribution in [0.3, 0.4) is 0 Å².